The monoisotopic (exact) mass is 465 g/mol. The van der Waals surface area contributed by atoms with Crippen molar-refractivity contribution < 1.29 is 18.8 Å². The van der Waals surface area contributed by atoms with Gasteiger partial charge in [0.25, 0.3) is 0 Å². The van der Waals surface area contributed by atoms with Crippen LogP contribution in [0, 0.1) is 5.82 Å². The normalized spacial score (nSPS) is 19.9. The number of halogens is 1. The van der Waals surface area contributed by atoms with E-state index in [1.165, 1.54) is 11.0 Å². The first-order valence-electron chi connectivity index (χ1n) is 10.8. The number of likely N-dealkylation sites (N-methyl/N-ethyl adjacent to an activating group) is 1. The molecule has 0 unspecified atom stereocenters. The van der Waals surface area contributed by atoms with Crippen LogP contribution in [-0.4, -0.2) is 70.4 Å². The lowest BCUT2D eigenvalue weighted by Gasteiger charge is -2.14. The average Bonchev–Trinajstić information content (AvgIpc) is 3.56. The van der Waals surface area contributed by atoms with Crippen LogP contribution in [0.1, 0.15) is 5.69 Å². The highest BCUT2D eigenvalue weighted by molar-refractivity contribution is 5.90. The van der Waals surface area contributed by atoms with Crippen LogP contribution in [0.25, 0.3) is 16.8 Å². The van der Waals surface area contributed by atoms with Gasteiger partial charge >= 0.3 is 6.09 Å². The van der Waals surface area contributed by atoms with Crippen molar-refractivity contribution in [3.8, 4) is 11.1 Å². The van der Waals surface area contributed by atoms with E-state index < -0.39 is 18.0 Å². The van der Waals surface area contributed by atoms with Gasteiger partial charge in [-0.05, 0) is 44.4 Å². The molecule has 0 saturated carbocycles. The molecule has 1 fully saturated rings. The minimum Gasteiger partial charge on any atom is -0.442 e. The number of hydroxylamine groups is 1. The number of amides is 1. The molecule has 2 aliphatic rings. The smallest absolute Gasteiger partial charge is 0.414 e. The SMILES string of the molecule is CN(C)C[C@@H]1C=C(c2ccc(-c3ccc(N4C[C@H](Cn5ccnn5)OC4=O)cc3F)cn2)NO1. The van der Waals surface area contributed by atoms with Crippen molar-refractivity contribution in [2.75, 3.05) is 32.1 Å². The third kappa shape index (κ3) is 4.61. The summed E-state index contributed by atoms with van der Waals surface area (Å²) >= 11 is 0. The molecule has 11 heteroatoms. The van der Waals surface area contributed by atoms with Gasteiger partial charge in [-0.2, -0.15) is 0 Å². The minimum atomic E-state index is -0.518. The average molecular weight is 465 g/mol. The van der Waals surface area contributed by atoms with Gasteiger partial charge in [0.15, 0.2) is 0 Å². The Morgan fingerprint density at radius 2 is 2.15 bits per heavy atom. The predicted octanol–water partition coefficient (Wildman–Crippen LogP) is 2.31. The van der Waals surface area contributed by atoms with E-state index in [1.54, 1.807) is 41.5 Å². The van der Waals surface area contributed by atoms with Crippen molar-refractivity contribution in [1.29, 1.82) is 0 Å². The van der Waals surface area contributed by atoms with Gasteiger partial charge in [0, 0.05) is 30.1 Å². The van der Waals surface area contributed by atoms with Crippen LogP contribution in [-0.2, 0) is 16.1 Å². The Morgan fingerprint density at radius 3 is 2.85 bits per heavy atom. The number of hydrogen-bond acceptors (Lipinski definition) is 8. The molecule has 0 spiro atoms. The summed E-state index contributed by atoms with van der Waals surface area (Å²) in [5.41, 5.74) is 5.84. The topological polar surface area (TPSA) is 97.6 Å². The summed E-state index contributed by atoms with van der Waals surface area (Å²) in [5, 5.41) is 7.62. The number of ether oxygens (including phenoxy) is 1. The van der Waals surface area contributed by atoms with Crippen molar-refractivity contribution in [2.45, 2.75) is 18.8 Å². The zero-order chi connectivity index (χ0) is 23.7. The highest BCUT2D eigenvalue weighted by Crippen LogP contribution is 2.29. The number of carbonyl (C=O) groups excluding carboxylic acids is 1. The standard InChI is InChI=1S/C23H24FN7O3/c1-29(2)12-17-10-22(27-34-17)21-6-3-15(11-25-21)19-5-4-16(9-20(19)24)31-14-18(33-23(31)32)13-30-8-7-26-28-30/h3-11,17-18,27H,12-14H2,1-2H3/t17-,18-/m0/s1. The quantitative estimate of drug-likeness (QED) is 0.568. The van der Waals surface area contributed by atoms with E-state index in [0.717, 1.165) is 12.2 Å². The molecular weight excluding hydrogens is 441 g/mol. The fraction of sp³-hybridized carbons (Fsp3) is 0.304. The van der Waals surface area contributed by atoms with Gasteiger partial charge in [-0.25, -0.2) is 13.9 Å². The molecule has 1 amide bonds. The van der Waals surface area contributed by atoms with Gasteiger partial charge < -0.3 is 9.64 Å². The maximum atomic E-state index is 15.0. The Kier molecular flexibility index (Phi) is 5.95. The van der Waals surface area contributed by atoms with Gasteiger partial charge in [0.1, 0.15) is 18.0 Å². The van der Waals surface area contributed by atoms with Crippen LogP contribution in [0.15, 0.2) is 55.0 Å². The van der Waals surface area contributed by atoms with E-state index in [2.05, 4.69) is 20.8 Å². The number of pyridine rings is 1. The lowest BCUT2D eigenvalue weighted by atomic mass is 10.1. The van der Waals surface area contributed by atoms with Gasteiger partial charge in [0.2, 0.25) is 0 Å². The molecule has 2 aromatic heterocycles. The number of cyclic esters (lactones) is 1. The van der Waals surface area contributed by atoms with E-state index in [4.69, 9.17) is 9.57 Å². The molecule has 5 rings (SSSR count). The zero-order valence-corrected chi connectivity index (χ0v) is 18.8. The van der Waals surface area contributed by atoms with E-state index >= 15 is 4.39 Å². The Bertz CT molecular complexity index is 1200. The number of nitrogens with one attached hydrogen (secondary N) is 1. The van der Waals surface area contributed by atoms with E-state index in [-0.39, 0.29) is 6.10 Å². The maximum Gasteiger partial charge on any atom is 0.414 e. The number of rotatable bonds is 7. The first kappa shape index (κ1) is 22.0. The molecule has 34 heavy (non-hydrogen) atoms. The summed E-state index contributed by atoms with van der Waals surface area (Å²) in [6.07, 6.45) is 5.86. The zero-order valence-electron chi connectivity index (χ0n) is 18.8. The highest BCUT2D eigenvalue weighted by atomic mass is 19.1. The third-order valence-electron chi connectivity index (χ3n) is 5.57. The molecule has 1 N–H and O–H groups in total. The predicted molar refractivity (Wildman–Crippen MR) is 122 cm³/mol. The molecule has 176 valence electrons. The van der Waals surface area contributed by atoms with Gasteiger partial charge in [-0.3, -0.25) is 20.2 Å². The largest absolute Gasteiger partial charge is 0.442 e. The molecule has 0 aliphatic carbocycles. The Morgan fingerprint density at radius 1 is 1.26 bits per heavy atom. The fourth-order valence-corrected chi connectivity index (χ4v) is 3.97. The molecule has 1 aromatic carbocycles. The Labute approximate surface area is 195 Å². The third-order valence-corrected chi connectivity index (χ3v) is 5.57. The number of aromatic nitrogens is 4. The number of hydrogen-bond donors (Lipinski definition) is 1. The summed E-state index contributed by atoms with van der Waals surface area (Å²) in [6, 6.07) is 8.30. The second-order valence-electron chi connectivity index (χ2n) is 8.44. The lowest BCUT2D eigenvalue weighted by molar-refractivity contribution is 0.0369. The second-order valence-corrected chi connectivity index (χ2v) is 8.44. The van der Waals surface area contributed by atoms with Gasteiger partial charge in [-0.15, -0.1) is 5.10 Å². The van der Waals surface area contributed by atoms with Crippen LogP contribution in [0.4, 0.5) is 14.9 Å². The van der Waals surface area contributed by atoms with Crippen LogP contribution >= 0.6 is 0 Å². The number of carbonyl (C=O) groups is 1. The van der Waals surface area contributed by atoms with Crippen molar-refractivity contribution in [2.24, 2.45) is 0 Å². The lowest BCUT2D eigenvalue weighted by Crippen LogP contribution is -2.26. The second kappa shape index (κ2) is 9.20. The van der Waals surface area contributed by atoms with Crippen molar-refractivity contribution in [3.05, 3.63) is 66.5 Å². The first-order chi connectivity index (χ1) is 16.5. The maximum absolute atomic E-state index is 15.0. The van der Waals surface area contributed by atoms with Crippen LogP contribution in [0.3, 0.4) is 0 Å². The Hall–Kier alpha value is -3.83. The van der Waals surface area contributed by atoms with Crippen molar-refractivity contribution in [1.82, 2.24) is 30.4 Å². The van der Waals surface area contributed by atoms with Crippen molar-refractivity contribution >= 4 is 17.5 Å². The fourth-order valence-electron chi connectivity index (χ4n) is 3.97. The molecule has 0 radical (unpaired) electrons. The minimum absolute atomic E-state index is 0.0652. The van der Waals surface area contributed by atoms with Crippen LogP contribution in [0.2, 0.25) is 0 Å². The van der Waals surface area contributed by atoms with Crippen molar-refractivity contribution in [3.63, 3.8) is 0 Å². The summed E-state index contributed by atoms with van der Waals surface area (Å²) in [7, 11) is 3.96. The molecular formula is C23H24FN7O3. The number of nitrogens with zero attached hydrogens (tertiary/aromatic N) is 6. The van der Waals surface area contributed by atoms with Crippen LogP contribution < -0.4 is 10.4 Å². The summed E-state index contributed by atoms with van der Waals surface area (Å²) < 4.78 is 22.0. The molecule has 3 aromatic rings. The summed E-state index contributed by atoms with van der Waals surface area (Å²) in [5.74, 6) is -0.452. The van der Waals surface area contributed by atoms with E-state index in [9.17, 15) is 4.79 Å². The van der Waals surface area contributed by atoms with Crippen LogP contribution in [0.5, 0.6) is 0 Å². The van der Waals surface area contributed by atoms with Gasteiger partial charge in [0.05, 0.1) is 36.4 Å². The Balaban J connectivity index is 1.28. The molecule has 4 heterocycles. The summed E-state index contributed by atoms with van der Waals surface area (Å²) in [4.78, 5) is 25.8. The molecule has 0 bridgehead atoms. The van der Waals surface area contributed by atoms with E-state index in [1.807, 2.05) is 31.1 Å². The highest BCUT2D eigenvalue weighted by Gasteiger charge is 2.33. The number of anilines is 1. The summed E-state index contributed by atoms with van der Waals surface area (Å²) in [6.45, 7) is 1.43. The first-order valence-corrected chi connectivity index (χ1v) is 10.8. The molecule has 2 aliphatic heterocycles. The van der Waals surface area contributed by atoms with Gasteiger partial charge in [-0.1, -0.05) is 11.3 Å². The molecule has 2 atom stereocenters. The number of benzene rings is 1. The van der Waals surface area contributed by atoms with E-state index in [0.29, 0.717) is 35.6 Å². The molecule has 1 saturated heterocycles. The molecule has 10 nitrogen and oxygen atoms in total.